The Balaban J connectivity index is 2.58. The molecule has 1 aromatic rings. The molecule has 0 aliphatic rings. The van der Waals surface area contributed by atoms with E-state index in [4.69, 9.17) is 4.74 Å². The van der Waals surface area contributed by atoms with Crippen LogP contribution in [-0.4, -0.2) is 48.4 Å². The first-order valence-corrected chi connectivity index (χ1v) is 6.90. The Bertz CT molecular complexity index is 541. The van der Waals surface area contributed by atoms with Gasteiger partial charge in [0.1, 0.15) is 0 Å². The molecule has 0 fully saturated rings. The van der Waals surface area contributed by atoms with E-state index in [9.17, 15) is 19.5 Å². The molecular weight excluding hydrogens is 286 g/mol. The van der Waals surface area contributed by atoms with Gasteiger partial charge in [-0.15, -0.1) is 0 Å². The molecule has 120 valence electrons. The van der Waals surface area contributed by atoms with E-state index in [1.54, 1.807) is 0 Å². The zero-order chi connectivity index (χ0) is 16.8. The Morgan fingerprint density at radius 1 is 1.18 bits per heavy atom. The number of hydrogen-bond donors (Lipinski definition) is 1. The number of ether oxygens (including phenoxy) is 1. The Morgan fingerprint density at radius 3 is 2.27 bits per heavy atom. The lowest BCUT2D eigenvalue weighted by Gasteiger charge is -2.25. The highest BCUT2D eigenvalue weighted by atomic mass is 16.5. The molecule has 1 unspecified atom stereocenters. The number of carbonyl (C=O) groups is 3. The summed E-state index contributed by atoms with van der Waals surface area (Å²) in [5.41, 5.74) is -1.11. The number of hydrogen-bond acceptors (Lipinski definition) is 4. The number of amides is 1. The minimum Gasteiger partial charge on any atom is -0.480 e. The quantitative estimate of drug-likeness (QED) is 0.579. The SMILES string of the molecule is CN(C)C(=O)C(C)(C(=O)O)C(=O)CCOCc1ccccc1. The molecule has 0 spiro atoms. The fourth-order valence-corrected chi connectivity index (χ4v) is 1.96. The third-order valence-corrected chi connectivity index (χ3v) is 3.40. The van der Waals surface area contributed by atoms with E-state index in [0.29, 0.717) is 6.61 Å². The number of ketones is 1. The van der Waals surface area contributed by atoms with Crippen LogP contribution in [0.5, 0.6) is 0 Å². The van der Waals surface area contributed by atoms with E-state index in [-0.39, 0.29) is 13.0 Å². The van der Waals surface area contributed by atoms with Crippen molar-refractivity contribution >= 4 is 17.7 Å². The maximum atomic E-state index is 12.2. The van der Waals surface area contributed by atoms with Gasteiger partial charge in [-0.3, -0.25) is 14.4 Å². The molecular formula is C16H21NO5. The van der Waals surface area contributed by atoms with E-state index < -0.39 is 23.1 Å². The maximum absolute atomic E-state index is 12.2. The standard InChI is InChI=1S/C16H21NO5/c1-16(15(20)21,14(19)17(2)3)13(18)9-10-22-11-12-7-5-4-6-8-12/h4-8H,9-11H2,1-3H3,(H,20,21). The second-order valence-electron chi connectivity index (χ2n) is 5.34. The fraction of sp³-hybridized carbons (Fsp3) is 0.438. The highest BCUT2D eigenvalue weighted by molar-refractivity contribution is 6.20. The van der Waals surface area contributed by atoms with Crippen LogP contribution in [0.3, 0.4) is 0 Å². The molecule has 0 saturated carbocycles. The summed E-state index contributed by atoms with van der Waals surface area (Å²) < 4.78 is 5.37. The summed E-state index contributed by atoms with van der Waals surface area (Å²) in [5.74, 6) is -2.85. The lowest BCUT2D eigenvalue weighted by Crippen LogP contribution is -2.49. The molecule has 1 N–H and O–H groups in total. The Kier molecular flexibility index (Phi) is 6.24. The van der Waals surface area contributed by atoms with Crippen molar-refractivity contribution in [1.29, 1.82) is 0 Å². The van der Waals surface area contributed by atoms with Crippen molar-refractivity contribution in [2.45, 2.75) is 20.0 Å². The average molecular weight is 307 g/mol. The van der Waals surface area contributed by atoms with Crippen molar-refractivity contribution in [2.75, 3.05) is 20.7 Å². The third kappa shape index (κ3) is 4.14. The van der Waals surface area contributed by atoms with Crippen molar-refractivity contribution < 1.29 is 24.2 Å². The molecule has 1 aromatic carbocycles. The number of rotatable bonds is 8. The second kappa shape index (κ2) is 7.70. The first kappa shape index (κ1) is 17.8. The molecule has 1 rings (SSSR count). The number of carboxylic acid groups (broad SMARTS) is 1. The summed E-state index contributed by atoms with van der Waals surface area (Å²) in [6, 6.07) is 9.41. The van der Waals surface area contributed by atoms with Gasteiger partial charge >= 0.3 is 5.97 Å². The smallest absolute Gasteiger partial charge is 0.326 e. The highest BCUT2D eigenvalue weighted by Crippen LogP contribution is 2.23. The lowest BCUT2D eigenvalue weighted by atomic mass is 9.83. The Morgan fingerprint density at radius 2 is 1.77 bits per heavy atom. The summed E-state index contributed by atoms with van der Waals surface area (Å²) in [7, 11) is 2.84. The van der Waals surface area contributed by atoms with E-state index >= 15 is 0 Å². The van der Waals surface area contributed by atoms with Crippen LogP contribution < -0.4 is 0 Å². The van der Waals surface area contributed by atoms with Gasteiger partial charge < -0.3 is 14.7 Å². The van der Waals surface area contributed by atoms with Crippen LogP contribution in [-0.2, 0) is 25.7 Å². The predicted molar refractivity (Wildman–Crippen MR) is 80.2 cm³/mol. The van der Waals surface area contributed by atoms with Gasteiger partial charge in [0, 0.05) is 20.5 Å². The van der Waals surface area contributed by atoms with Crippen LogP contribution in [0, 0.1) is 5.41 Å². The van der Waals surface area contributed by atoms with E-state index in [1.807, 2.05) is 30.3 Å². The van der Waals surface area contributed by atoms with Crippen LogP contribution in [0.4, 0.5) is 0 Å². The van der Waals surface area contributed by atoms with E-state index in [0.717, 1.165) is 17.4 Å². The number of carboxylic acids is 1. The lowest BCUT2D eigenvalue weighted by molar-refractivity contribution is -0.163. The first-order valence-electron chi connectivity index (χ1n) is 6.90. The number of Topliss-reactive ketones (excluding diaryl/α,β-unsaturated/α-hetero) is 1. The molecule has 1 atom stereocenters. The topological polar surface area (TPSA) is 83.9 Å². The molecule has 0 aliphatic carbocycles. The molecule has 0 bridgehead atoms. The summed E-state index contributed by atoms with van der Waals surface area (Å²) in [6.45, 7) is 1.54. The van der Waals surface area contributed by atoms with Gasteiger partial charge in [0.05, 0.1) is 13.2 Å². The van der Waals surface area contributed by atoms with Crippen molar-refractivity contribution in [3.05, 3.63) is 35.9 Å². The molecule has 0 aliphatic heterocycles. The van der Waals surface area contributed by atoms with Crippen LogP contribution in [0.2, 0.25) is 0 Å². The summed E-state index contributed by atoms with van der Waals surface area (Å²) >= 11 is 0. The largest absolute Gasteiger partial charge is 0.480 e. The summed E-state index contributed by atoms with van der Waals surface area (Å²) in [5, 5.41) is 9.25. The summed E-state index contributed by atoms with van der Waals surface area (Å²) in [4.78, 5) is 36.6. The van der Waals surface area contributed by atoms with Crippen molar-refractivity contribution in [1.82, 2.24) is 4.90 Å². The molecule has 0 heterocycles. The molecule has 1 amide bonds. The average Bonchev–Trinajstić information content (AvgIpc) is 2.50. The van der Waals surface area contributed by atoms with Gasteiger partial charge in [0.2, 0.25) is 11.3 Å². The molecule has 0 saturated heterocycles. The Hall–Kier alpha value is -2.21. The van der Waals surface area contributed by atoms with Crippen molar-refractivity contribution in [2.24, 2.45) is 5.41 Å². The Labute approximate surface area is 129 Å². The number of nitrogens with zero attached hydrogens (tertiary/aromatic N) is 1. The number of carbonyl (C=O) groups excluding carboxylic acids is 2. The minimum absolute atomic E-state index is 0.0668. The minimum atomic E-state index is -2.07. The normalized spacial score (nSPS) is 13.2. The monoisotopic (exact) mass is 307 g/mol. The van der Waals surface area contributed by atoms with Crippen molar-refractivity contribution in [3.63, 3.8) is 0 Å². The second-order valence-corrected chi connectivity index (χ2v) is 5.34. The van der Waals surface area contributed by atoms with E-state index in [1.165, 1.54) is 14.1 Å². The number of benzene rings is 1. The predicted octanol–water partition coefficient (Wildman–Crippen LogP) is 1.34. The van der Waals surface area contributed by atoms with Gasteiger partial charge in [-0.05, 0) is 12.5 Å². The first-order chi connectivity index (χ1) is 10.3. The van der Waals surface area contributed by atoms with Crippen LogP contribution in [0.15, 0.2) is 30.3 Å². The molecule has 22 heavy (non-hydrogen) atoms. The highest BCUT2D eigenvalue weighted by Gasteiger charge is 2.48. The van der Waals surface area contributed by atoms with Gasteiger partial charge in [-0.25, -0.2) is 0 Å². The van der Waals surface area contributed by atoms with Crippen molar-refractivity contribution in [3.8, 4) is 0 Å². The summed E-state index contributed by atoms with van der Waals surface area (Å²) in [6.07, 6.45) is -0.130. The fourth-order valence-electron chi connectivity index (χ4n) is 1.96. The van der Waals surface area contributed by atoms with E-state index in [2.05, 4.69) is 0 Å². The van der Waals surface area contributed by atoms with Crippen LogP contribution in [0.1, 0.15) is 18.9 Å². The zero-order valence-corrected chi connectivity index (χ0v) is 13.0. The zero-order valence-electron chi connectivity index (χ0n) is 13.0. The van der Waals surface area contributed by atoms with Gasteiger partial charge in [0.15, 0.2) is 5.78 Å². The van der Waals surface area contributed by atoms with Crippen LogP contribution in [0.25, 0.3) is 0 Å². The molecule has 0 radical (unpaired) electrons. The van der Waals surface area contributed by atoms with Gasteiger partial charge in [0.25, 0.3) is 0 Å². The van der Waals surface area contributed by atoms with Gasteiger partial charge in [-0.1, -0.05) is 30.3 Å². The van der Waals surface area contributed by atoms with Crippen LogP contribution >= 0.6 is 0 Å². The van der Waals surface area contributed by atoms with Gasteiger partial charge in [-0.2, -0.15) is 0 Å². The number of aliphatic carboxylic acids is 1. The third-order valence-electron chi connectivity index (χ3n) is 3.40. The molecule has 6 heteroatoms. The molecule has 6 nitrogen and oxygen atoms in total. The maximum Gasteiger partial charge on any atom is 0.326 e. The molecule has 0 aromatic heterocycles.